The van der Waals surface area contributed by atoms with E-state index in [0.717, 1.165) is 22.6 Å². The number of nitrogens with zero attached hydrogens (tertiary/aromatic N) is 1. The molecule has 0 aliphatic carbocycles. The summed E-state index contributed by atoms with van der Waals surface area (Å²) in [6.45, 7) is 9.52. The molecule has 0 spiro atoms. The Morgan fingerprint density at radius 1 is 1.27 bits per heavy atom. The van der Waals surface area contributed by atoms with Crippen molar-refractivity contribution < 1.29 is 28.1 Å². The Morgan fingerprint density at radius 2 is 1.95 bits per heavy atom. The van der Waals surface area contributed by atoms with E-state index in [2.05, 4.69) is 5.32 Å². The molecule has 0 amide bonds. The molecule has 6 N–H and O–H groups in total. The van der Waals surface area contributed by atoms with E-state index >= 15 is 0 Å². The number of nitrogens with two attached hydrogens (primary N) is 1. The number of carbonyl (C=O) groups is 1. The third-order valence-electron chi connectivity index (χ3n) is 6.82. The Morgan fingerprint density at radius 3 is 2.61 bits per heavy atom. The van der Waals surface area contributed by atoms with Crippen LogP contribution in [0.15, 0.2) is 42.5 Å². The number of rotatable bonds is 7. The summed E-state index contributed by atoms with van der Waals surface area (Å²) in [6.07, 6.45) is 1.21. The molecule has 224 valence electrons. The molecule has 4 rings (SSSR count). The molecule has 0 bridgehead atoms. The fraction of sp³-hybridized carbons (Fsp3) is 0.414. The molecule has 0 saturated carbocycles. The average Bonchev–Trinajstić information content (AvgIpc) is 3.15. The number of thiophene rings is 1. The molecule has 1 unspecified atom stereocenters. The van der Waals surface area contributed by atoms with Crippen molar-refractivity contribution in [1.82, 2.24) is 4.31 Å². The zero-order chi connectivity index (χ0) is 30.3. The molecule has 1 aliphatic heterocycles. The van der Waals surface area contributed by atoms with Gasteiger partial charge in [0.15, 0.2) is 16.4 Å². The Balaban J connectivity index is 1.48. The lowest BCUT2D eigenvalue weighted by Gasteiger charge is -2.55. The minimum absolute atomic E-state index is 0.0142. The van der Waals surface area contributed by atoms with Gasteiger partial charge in [-0.25, -0.2) is 13.5 Å². The van der Waals surface area contributed by atoms with Crippen LogP contribution in [0.1, 0.15) is 62.7 Å². The van der Waals surface area contributed by atoms with Crippen molar-refractivity contribution in [2.75, 3.05) is 17.6 Å². The van der Waals surface area contributed by atoms with Gasteiger partial charge in [-0.05, 0) is 71.2 Å². The van der Waals surface area contributed by atoms with Crippen LogP contribution in [-0.2, 0) is 10.5 Å². The Kier molecular flexibility index (Phi) is 8.90. The van der Waals surface area contributed by atoms with Crippen molar-refractivity contribution in [2.45, 2.75) is 70.4 Å². The monoisotopic (exact) mass is 625 g/mol. The number of hydrogen-bond donors (Lipinski definition) is 5. The lowest BCUT2D eigenvalue weighted by molar-refractivity contribution is 0.00727. The van der Waals surface area contributed by atoms with Gasteiger partial charge in [-0.3, -0.25) is 9.11 Å². The van der Waals surface area contributed by atoms with Crippen molar-refractivity contribution >= 4 is 51.1 Å². The lowest BCUT2D eigenvalue weighted by Crippen LogP contribution is -2.53. The molecule has 41 heavy (non-hydrogen) atoms. The number of halogens is 2. The van der Waals surface area contributed by atoms with Gasteiger partial charge in [-0.15, -0.1) is 22.1 Å². The number of esters is 1. The van der Waals surface area contributed by atoms with Crippen LogP contribution in [-0.4, -0.2) is 48.2 Å². The van der Waals surface area contributed by atoms with Crippen molar-refractivity contribution in [1.29, 1.82) is 0 Å². The summed E-state index contributed by atoms with van der Waals surface area (Å²) in [5.41, 5.74) is 6.04. The van der Waals surface area contributed by atoms with E-state index in [1.54, 1.807) is 31.1 Å². The number of anilines is 2. The van der Waals surface area contributed by atoms with Crippen LogP contribution in [0, 0.1) is 5.82 Å². The zero-order valence-corrected chi connectivity index (χ0v) is 26.1. The molecule has 3 aromatic rings. The van der Waals surface area contributed by atoms with E-state index in [-0.39, 0.29) is 38.7 Å². The first-order chi connectivity index (χ1) is 19.0. The summed E-state index contributed by atoms with van der Waals surface area (Å²) in [5, 5.41) is 14.2. The van der Waals surface area contributed by atoms with Crippen LogP contribution in [0.3, 0.4) is 0 Å². The zero-order valence-electron chi connectivity index (χ0n) is 23.7. The number of nitrogen functional groups attached to an aromatic ring is 1. The van der Waals surface area contributed by atoms with E-state index in [1.165, 1.54) is 12.1 Å². The summed E-state index contributed by atoms with van der Waals surface area (Å²) in [5.74, 6) is -1.81. The maximum absolute atomic E-state index is 14.5. The number of piperidine rings is 1. The van der Waals surface area contributed by atoms with Gasteiger partial charge in [0.1, 0.15) is 10.6 Å². The number of aromatic hydroxyl groups is 1. The summed E-state index contributed by atoms with van der Waals surface area (Å²) >= 11 is 7.50. The molecular weight excluding hydrogens is 589 g/mol. The van der Waals surface area contributed by atoms with Gasteiger partial charge < -0.3 is 20.9 Å². The van der Waals surface area contributed by atoms with Gasteiger partial charge in [-0.2, -0.15) is 0 Å². The van der Waals surface area contributed by atoms with E-state index in [0.29, 0.717) is 24.3 Å². The van der Waals surface area contributed by atoms with Gasteiger partial charge >= 0.3 is 5.97 Å². The average molecular weight is 626 g/mol. The van der Waals surface area contributed by atoms with Gasteiger partial charge in [0.05, 0.1) is 16.3 Å². The molecule has 8 nitrogen and oxygen atoms in total. The fourth-order valence-electron chi connectivity index (χ4n) is 5.08. The molecule has 1 aromatic heterocycles. The SMILES string of the molecule is CC(C)(C)OC(=O)c1sc(-c2cccc(NC3CCN(S(O)(O)Cc4cccc(N)c4F)C(C)(C)C3)c2)c(Cl)c1O. The number of hydrogen-bond acceptors (Lipinski definition) is 9. The van der Waals surface area contributed by atoms with Crippen LogP contribution in [0.5, 0.6) is 5.75 Å². The molecule has 1 saturated heterocycles. The molecule has 1 fully saturated rings. The Hall–Kier alpha value is -2.54. The predicted octanol–water partition coefficient (Wildman–Crippen LogP) is 7.97. The molecule has 1 atom stereocenters. The lowest BCUT2D eigenvalue weighted by atomic mass is 9.89. The highest BCUT2D eigenvalue weighted by molar-refractivity contribution is 8.21. The summed E-state index contributed by atoms with van der Waals surface area (Å²) in [6, 6.07) is 12.1. The van der Waals surface area contributed by atoms with Gasteiger partial charge in [0.2, 0.25) is 0 Å². The number of ether oxygens (including phenoxy) is 1. The van der Waals surface area contributed by atoms with Crippen molar-refractivity contribution in [3.05, 3.63) is 63.7 Å². The molecule has 12 heteroatoms. The highest BCUT2D eigenvalue weighted by atomic mass is 35.5. The first-order valence-corrected chi connectivity index (χ1v) is 16.0. The van der Waals surface area contributed by atoms with Crippen LogP contribution in [0.25, 0.3) is 10.4 Å². The number of benzene rings is 2. The minimum Gasteiger partial charge on any atom is -0.505 e. The van der Waals surface area contributed by atoms with Crippen LogP contribution in [0.4, 0.5) is 15.8 Å². The molecular formula is C29H37ClFN3O5S2. The first-order valence-electron chi connectivity index (χ1n) is 13.2. The second-order valence-electron chi connectivity index (χ2n) is 11.9. The quantitative estimate of drug-likeness (QED) is 0.132. The summed E-state index contributed by atoms with van der Waals surface area (Å²) in [7, 11) is -3.31. The molecule has 1 aliphatic rings. The van der Waals surface area contributed by atoms with Crippen LogP contribution in [0.2, 0.25) is 5.02 Å². The second-order valence-corrected chi connectivity index (χ2v) is 15.2. The van der Waals surface area contributed by atoms with Gasteiger partial charge in [-0.1, -0.05) is 35.9 Å². The van der Waals surface area contributed by atoms with Crippen molar-refractivity contribution in [3.63, 3.8) is 0 Å². The first kappa shape index (κ1) is 31.4. The Bertz CT molecular complexity index is 1440. The van der Waals surface area contributed by atoms with Crippen LogP contribution < -0.4 is 11.1 Å². The number of nitrogens with one attached hydrogen (secondary N) is 1. The van der Waals surface area contributed by atoms with E-state index in [4.69, 9.17) is 22.1 Å². The topological polar surface area (TPSA) is 128 Å². The smallest absolute Gasteiger partial charge is 0.352 e. The molecule has 2 heterocycles. The third kappa shape index (κ3) is 7.10. The van der Waals surface area contributed by atoms with E-state index in [9.17, 15) is 23.4 Å². The standard InChI is InChI=1S/C29H37ClFN3O5S2/c1-28(2,3)39-27(36)26-24(35)22(30)25(40-26)17-8-6-10-19(14-17)33-20-12-13-34(29(4,5)15-20)41(37,38)16-18-9-7-11-21(32)23(18)31/h6-11,14,20,33,35,37-38H,12-13,15-16,32H2,1-5H3. The van der Waals surface area contributed by atoms with Gasteiger partial charge in [0.25, 0.3) is 0 Å². The maximum Gasteiger partial charge on any atom is 0.352 e. The molecule has 0 radical (unpaired) electrons. The third-order valence-corrected chi connectivity index (χ3v) is 10.6. The number of carbonyl (C=O) groups excluding carboxylic acids is 1. The highest BCUT2D eigenvalue weighted by Gasteiger charge is 2.42. The largest absolute Gasteiger partial charge is 0.505 e. The van der Waals surface area contributed by atoms with E-state index in [1.807, 2.05) is 38.1 Å². The normalized spacial score (nSPS) is 18.2. The second kappa shape index (κ2) is 11.6. The highest BCUT2D eigenvalue weighted by Crippen LogP contribution is 2.53. The summed E-state index contributed by atoms with van der Waals surface area (Å²) < 4.78 is 43.8. The molecule has 2 aromatic carbocycles. The predicted molar refractivity (Wildman–Crippen MR) is 166 cm³/mol. The summed E-state index contributed by atoms with van der Waals surface area (Å²) in [4.78, 5) is 13.2. The van der Waals surface area contributed by atoms with E-state index < -0.39 is 33.7 Å². The van der Waals surface area contributed by atoms with Gasteiger partial charge in [0, 0.05) is 29.4 Å². The Labute approximate surface area is 250 Å². The minimum atomic E-state index is -3.31. The van der Waals surface area contributed by atoms with Crippen molar-refractivity contribution in [3.8, 4) is 16.2 Å². The fourth-order valence-corrected chi connectivity index (χ4v) is 8.48. The maximum atomic E-state index is 14.5. The van der Waals surface area contributed by atoms with Crippen molar-refractivity contribution in [2.24, 2.45) is 0 Å². The van der Waals surface area contributed by atoms with Crippen LogP contribution >= 0.6 is 33.7 Å².